The Labute approximate surface area is 225 Å². The summed E-state index contributed by atoms with van der Waals surface area (Å²) < 4.78 is 12.2. The second-order valence-corrected chi connectivity index (χ2v) is 15.9. The zero-order valence-electron chi connectivity index (χ0n) is 25.1. The van der Waals surface area contributed by atoms with Gasteiger partial charge in [-0.3, -0.25) is 9.59 Å². The van der Waals surface area contributed by atoms with E-state index in [1.54, 1.807) is 19.4 Å². The Morgan fingerprint density at radius 3 is 2.00 bits per heavy atom. The summed E-state index contributed by atoms with van der Waals surface area (Å²) in [4.78, 5) is 24.3. The van der Waals surface area contributed by atoms with Crippen molar-refractivity contribution in [3.63, 3.8) is 0 Å². The van der Waals surface area contributed by atoms with Gasteiger partial charge in [0.05, 0.1) is 0 Å². The first-order valence-electron chi connectivity index (χ1n) is 15.1. The molecule has 0 spiro atoms. The lowest BCUT2D eigenvalue weighted by Gasteiger charge is -2.70. The average Bonchev–Trinajstić information content (AvgIpc) is 2.75. The van der Waals surface area contributed by atoms with E-state index in [1.165, 1.54) is 25.7 Å². The predicted molar refractivity (Wildman–Crippen MR) is 147 cm³/mol. The molecule has 4 saturated carbocycles. The molecule has 0 saturated heterocycles. The van der Waals surface area contributed by atoms with E-state index in [9.17, 15) is 9.59 Å². The monoisotopic (exact) mass is 512 g/mol. The molecule has 0 aromatic rings. The highest BCUT2D eigenvalue weighted by molar-refractivity contribution is 5.67. The number of allylic oxidation sites excluding steroid dienone is 1. The molecule has 0 radical (unpaired) electrons. The van der Waals surface area contributed by atoms with E-state index in [-0.39, 0.29) is 50.7 Å². The molecule has 0 amide bonds. The number of carbonyl (C=O) groups is 2. The van der Waals surface area contributed by atoms with Gasteiger partial charge in [-0.15, -0.1) is 0 Å². The van der Waals surface area contributed by atoms with Gasteiger partial charge in [0.15, 0.2) is 0 Å². The SMILES string of the molecule is CC(=O)O[C@H]1CC[C@]2(C)C3CC[C@]4(C)C(=CC[C@@]5(OC(C)=O)CCC(C)(C)CC54)[C@]3(C)CC[C@H]2C1(C)C. The van der Waals surface area contributed by atoms with Gasteiger partial charge in [-0.05, 0) is 91.3 Å². The van der Waals surface area contributed by atoms with Crippen LogP contribution in [0.25, 0.3) is 0 Å². The Balaban J connectivity index is 1.53. The van der Waals surface area contributed by atoms with Crippen molar-refractivity contribution in [2.24, 2.45) is 44.8 Å². The highest BCUT2D eigenvalue weighted by atomic mass is 16.6. The van der Waals surface area contributed by atoms with Crippen LogP contribution in [-0.2, 0) is 19.1 Å². The largest absolute Gasteiger partial charge is 0.462 e. The number of hydrogen-bond donors (Lipinski definition) is 0. The van der Waals surface area contributed by atoms with Crippen molar-refractivity contribution < 1.29 is 19.1 Å². The fraction of sp³-hybridized carbons (Fsp3) is 0.879. The summed E-state index contributed by atoms with van der Waals surface area (Å²) in [5, 5.41) is 0. The van der Waals surface area contributed by atoms with E-state index in [0.29, 0.717) is 17.8 Å². The van der Waals surface area contributed by atoms with Gasteiger partial charge < -0.3 is 9.47 Å². The lowest BCUT2D eigenvalue weighted by molar-refractivity contribution is -0.209. The molecule has 0 heterocycles. The topological polar surface area (TPSA) is 52.6 Å². The normalized spacial score (nSPS) is 47.8. The molecule has 0 bridgehead atoms. The molecule has 0 aromatic heterocycles. The number of esters is 2. The average molecular weight is 513 g/mol. The van der Waals surface area contributed by atoms with Crippen molar-refractivity contribution in [1.82, 2.24) is 0 Å². The lowest BCUT2D eigenvalue weighted by atomic mass is 9.35. The number of ether oxygens (including phenoxy) is 2. The molecular formula is C33H52O4. The van der Waals surface area contributed by atoms with Crippen molar-refractivity contribution in [3.8, 4) is 0 Å². The fourth-order valence-electron chi connectivity index (χ4n) is 11.3. The van der Waals surface area contributed by atoms with Crippen LogP contribution < -0.4 is 0 Å². The maximum absolute atomic E-state index is 12.4. The fourth-order valence-corrected chi connectivity index (χ4v) is 11.3. The first-order valence-corrected chi connectivity index (χ1v) is 15.1. The Bertz CT molecular complexity index is 1010. The molecule has 5 aliphatic carbocycles. The number of carbonyl (C=O) groups excluding carboxylic acids is 2. The Morgan fingerprint density at radius 1 is 0.757 bits per heavy atom. The van der Waals surface area contributed by atoms with Gasteiger partial charge in [0.25, 0.3) is 0 Å². The van der Waals surface area contributed by atoms with Gasteiger partial charge >= 0.3 is 11.9 Å². The zero-order valence-corrected chi connectivity index (χ0v) is 25.1. The standard InChI is InChI=1S/C33H52O4/c1-21(34)36-27-13-16-30(7)23(29(27,5)6)10-14-31(8)24(30)11-15-32(9)25(31)12-17-33(37-22(2)35)19-18-28(3,4)20-26(32)33/h12,23-24,26-27H,10-11,13-20H2,1-9H3/t23-,24?,26?,27-,30-,31+,32+,33+/m0/s1. The van der Waals surface area contributed by atoms with Crippen LogP contribution in [0.1, 0.15) is 127 Å². The minimum absolute atomic E-state index is 0.0143. The van der Waals surface area contributed by atoms with Crippen molar-refractivity contribution >= 4 is 11.9 Å². The first-order chi connectivity index (χ1) is 17.0. The maximum atomic E-state index is 12.4. The Morgan fingerprint density at radius 2 is 1.38 bits per heavy atom. The molecule has 0 aliphatic heterocycles. The third-order valence-corrected chi connectivity index (χ3v) is 12.9. The second-order valence-electron chi connectivity index (χ2n) is 15.9. The van der Waals surface area contributed by atoms with Crippen molar-refractivity contribution in [2.75, 3.05) is 0 Å². The minimum Gasteiger partial charge on any atom is -0.462 e. The maximum Gasteiger partial charge on any atom is 0.303 e. The van der Waals surface area contributed by atoms with E-state index < -0.39 is 0 Å². The molecular weight excluding hydrogens is 460 g/mol. The van der Waals surface area contributed by atoms with Crippen LogP contribution >= 0.6 is 0 Å². The van der Waals surface area contributed by atoms with Crippen LogP contribution in [0.2, 0.25) is 0 Å². The van der Waals surface area contributed by atoms with Gasteiger partial charge in [-0.2, -0.15) is 0 Å². The minimum atomic E-state index is -0.339. The summed E-state index contributed by atoms with van der Waals surface area (Å²) in [6.45, 7) is 20.4. The molecule has 37 heavy (non-hydrogen) atoms. The van der Waals surface area contributed by atoms with E-state index in [2.05, 4.69) is 54.5 Å². The summed E-state index contributed by atoms with van der Waals surface area (Å²) in [5.41, 5.74) is 2.09. The molecule has 2 unspecified atom stereocenters. The van der Waals surface area contributed by atoms with E-state index in [1.807, 2.05) is 0 Å². The summed E-state index contributed by atoms with van der Waals surface area (Å²) >= 11 is 0. The number of rotatable bonds is 2. The van der Waals surface area contributed by atoms with Crippen LogP contribution in [0, 0.1) is 44.8 Å². The van der Waals surface area contributed by atoms with Crippen LogP contribution in [0.3, 0.4) is 0 Å². The predicted octanol–water partition coefficient (Wildman–Crippen LogP) is 8.04. The summed E-state index contributed by atoms with van der Waals surface area (Å²) in [6, 6.07) is 0. The van der Waals surface area contributed by atoms with Crippen LogP contribution in [0.4, 0.5) is 0 Å². The van der Waals surface area contributed by atoms with E-state index >= 15 is 0 Å². The molecule has 5 rings (SSSR count). The van der Waals surface area contributed by atoms with Gasteiger partial charge in [0.2, 0.25) is 0 Å². The zero-order chi connectivity index (χ0) is 27.2. The molecule has 5 aliphatic rings. The quantitative estimate of drug-likeness (QED) is 0.277. The summed E-state index contributed by atoms with van der Waals surface area (Å²) in [6.07, 6.45) is 13.6. The number of hydrogen-bond acceptors (Lipinski definition) is 4. The number of fused-ring (bicyclic) bond motifs is 7. The van der Waals surface area contributed by atoms with E-state index in [4.69, 9.17) is 9.47 Å². The third kappa shape index (κ3) is 3.88. The molecule has 8 atom stereocenters. The Hall–Kier alpha value is -1.32. The third-order valence-electron chi connectivity index (χ3n) is 12.9. The molecule has 4 nitrogen and oxygen atoms in total. The highest BCUT2D eigenvalue weighted by Crippen LogP contribution is 2.74. The van der Waals surface area contributed by atoms with Gasteiger partial charge in [-0.1, -0.05) is 60.1 Å². The van der Waals surface area contributed by atoms with Crippen molar-refractivity contribution in [1.29, 1.82) is 0 Å². The molecule has 0 N–H and O–H groups in total. The van der Waals surface area contributed by atoms with Crippen LogP contribution in [0.15, 0.2) is 11.6 Å². The van der Waals surface area contributed by atoms with Crippen LogP contribution in [0.5, 0.6) is 0 Å². The molecule has 4 fully saturated rings. The smallest absolute Gasteiger partial charge is 0.303 e. The van der Waals surface area contributed by atoms with Gasteiger partial charge in [-0.25, -0.2) is 0 Å². The molecule has 4 heteroatoms. The van der Waals surface area contributed by atoms with Crippen LogP contribution in [-0.4, -0.2) is 23.6 Å². The molecule has 0 aromatic carbocycles. The molecule has 208 valence electrons. The summed E-state index contributed by atoms with van der Waals surface area (Å²) in [5.74, 6) is 1.30. The lowest BCUT2D eigenvalue weighted by Crippen LogP contribution is -2.64. The van der Waals surface area contributed by atoms with Crippen molar-refractivity contribution in [2.45, 2.75) is 138 Å². The van der Waals surface area contributed by atoms with E-state index in [0.717, 1.165) is 38.5 Å². The second kappa shape index (κ2) is 8.34. The van der Waals surface area contributed by atoms with Crippen molar-refractivity contribution in [3.05, 3.63) is 11.6 Å². The highest BCUT2D eigenvalue weighted by Gasteiger charge is 2.68. The van der Waals surface area contributed by atoms with Gasteiger partial charge in [0, 0.05) is 31.6 Å². The Kier molecular flexibility index (Phi) is 6.14. The first kappa shape index (κ1) is 27.3. The summed E-state index contributed by atoms with van der Waals surface area (Å²) in [7, 11) is 0. The van der Waals surface area contributed by atoms with Gasteiger partial charge in [0.1, 0.15) is 11.7 Å².